The van der Waals surface area contributed by atoms with Crippen LogP contribution in [0.15, 0.2) is 30.3 Å². The van der Waals surface area contributed by atoms with Crippen LogP contribution < -0.4 is 0 Å². The van der Waals surface area contributed by atoms with E-state index in [0.717, 1.165) is 5.56 Å². The summed E-state index contributed by atoms with van der Waals surface area (Å²) >= 11 is 0. The Kier molecular flexibility index (Phi) is 3.77. The van der Waals surface area contributed by atoms with Gasteiger partial charge in [-0.15, -0.1) is 0 Å². The van der Waals surface area contributed by atoms with Crippen molar-refractivity contribution in [1.82, 2.24) is 10.0 Å². The number of piperidine rings is 1. The molecule has 18 heavy (non-hydrogen) atoms. The van der Waals surface area contributed by atoms with E-state index >= 15 is 0 Å². The molecule has 1 aliphatic rings. The van der Waals surface area contributed by atoms with Crippen LogP contribution in [0.4, 0.5) is 0 Å². The van der Waals surface area contributed by atoms with Crippen LogP contribution in [0.3, 0.4) is 0 Å². The first-order valence-corrected chi connectivity index (χ1v) is 6.24. The maximum Gasteiger partial charge on any atom is 0.243 e. The van der Waals surface area contributed by atoms with E-state index in [2.05, 4.69) is 0 Å². The number of imide groups is 1. The van der Waals surface area contributed by atoms with Crippen LogP contribution in [0, 0.1) is 0 Å². The standard InChI is InChI=1S/C14H18N2O2/c1-11(12-7-4-3-5-8-12)15(2)16-13(17)9-6-10-14(16)18/h3-5,7-8,11H,6,9-10H2,1-2H3/t11-/m0/s1. The van der Waals surface area contributed by atoms with E-state index in [1.54, 1.807) is 12.1 Å². The lowest BCUT2D eigenvalue weighted by atomic mass is 10.1. The van der Waals surface area contributed by atoms with Crippen molar-refractivity contribution in [3.05, 3.63) is 35.9 Å². The van der Waals surface area contributed by atoms with Crippen LogP contribution >= 0.6 is 0 Å². The molecular formula is C14H18N2O2. The lowest BCUT2D eigenvalue weighted by molar-refractivity contribution is -0.169. The van der Waals surface area contributed by atoms with Crippen molar-refractivity contribution in [2.45, 2.75) is 32.2 Å². The van der Waals surface area contributed by atoms with Crippen molar-refractivity contribution < 1.29 is 9.59 Å². The molecule has 96 valence electrons. The Morgan fingerprint density at radius 3 is 2.22 bits per heavy atom. The van der Waals surface area contributed by atoms with Crippen molar-refractivity contribution in [2.75, 3.05) is 7.05 Å². The first kappa shape index (κ1) is 12.8. The van der Waals surface area contributed by atoms with Gasteiger partial charge in [-0.25, -0.2) is 10.0 Å². The smallest absolute Gasteiger partial charge is 0.243 e. The van der Waals surface area contributed by atoms with Gasteiger partial charge in [-0.2, -0.15) is 0 Å². The summed E-state index contributed by atoms with van der Waals surface area (Å²) in [5.41, 5.74) is 1.09. The van der Waals surface area contributed by atoms with E-state index in [-0.39, 0.29) is 17.9 Å². The van der Waals surface area contributed by atoms with Gasteiger partial charge in [-0.1, -0.05) is 30.3 Å². The summed E-state index contributed by atoms with van der Waals surface area (Å²) < 4.78 is 0. The molecule has 0 aromatic heterocycles. The molecule has 4 heteroatoms. The minimum atomic E-state index is -0.100. The zero-order valence-corrected chi connectivity index (χ0v) is 10.8. The first-order chi connectivity index (χ1) is 8.61. The molecule has 0 radical (unpaired) electrons. The predicted molar refractivity (Wildman–Crippen MR) is 68.3 cm³/mol. The first-order valence-electron chi connectivity index (χ1n) is 6.24. The van der Waals surface area contributed by atoms with Gasteiger partial charge >= 0.3 is 0 Å². The Morgan fingerprint density at radius 2 is 1.67 bits per heavy atom. The van der Waals surface area contributed by atoms with E-state index in [4.69, 9.17) is 0 Å². The molecule has 1 atom stereocenters. The molecule has 2 amide bonds. The molecule has 1 aliphatic heterocycles. The van der Waals surface area contributed by atoms with Gasteiger partial charge in [0.1, 0.15) is 0 Å². The topological polar surface area (TPSA) is 40.6 Å². The molecular weight excluding hydrogens is 228 g/mol. The summed E-state index contributed by atoms with van der Waals surface area (Å²) in [7, 11) is 1.79. The van der Waals surface area contributed by atoms with Crippen LogP contribution in [0.2, 0.25) is 0 Å². The highest BCUT2D eigenvalue weighted by Crippen LogP contribution is 2.23. The van der Waals surface area contributed by atoms with Gasteiger partial charge in [-0.3, -0.25) is 9.59 Å². The van der Waals surface area contributed by atoms with E-state index in [0.29, 0.717) is 19.3 Å². The number of carbonyl (C=O) groups is 2. The van der Waals surface area contributed by atoms with Gasteiger partial charge in [0.15, 0.2) is 0 Å². The van der Waals surface area contributed by atoms with E-state index < -0.39 is 0 Å². The fraction of sp³-hybridized carbons (Fsp3) is 0.429. The average Bonchev–Trinajstić information content (AvgIpc) is 2.38. The van der Waals surface area contributed by atoms with Crippen molar-refractivity contribution in [2.24, 2.45) is 0 Å². The maximum absolute atomic E-state index is 11.8. The number of amides is 2. The number of hydrogen-bond acceptors (Lipinski definition) is 3. The van der Waals surface area contributed by atoms with Crippen LogP contribution in [0.25, 0.3) is 0 Å². The molecule has 0 bridgehead atoms. The highest BCUT2D eigenvalue weighted by atomic mass is 16.2. The number of rotatable bonds is 3. The van der Waals surface area contributed by atoms with Gasteiger partial charge in [0.2, 0.25) is 11.8 Å². The second kappa shape index (κ2) is 5.31. The van der Waals surface area contributed by atoms with Gasteiger partial charge in [0.05, 0.1) is 6.04 Å². The van der Waals surface area contributed by atoms with Crippen LogP contribution in [0.5, 0.6) is 0 Å². The Hall–Kier alpha value is -1.68. The minimum Gasteiger partial charge on any atom is -0.273 e. The maximum atomic E-state index is 11.8. The van der Waals surface area contributed by atoms with Crippen LogP contribution in [0.1, 0.15) is 37.8 Å². The van der Waals surface area contributed by atoms with E-state index in [1.807, 2.05) is 37.3 Å². The second-order valence-corrected chi connectivity index (χ2v) is 4.61. The van der Waals surface area contributed by atoms with Gasteiger partial charge in [0, 0.05) is 19.9 Å². The lowest BCUT2D eigenvalue weighted by Gasteiger charge is -2.36. The number of carbonyl (C=O) groups excluding carboxylic acids is 2. The van der Waals surface area contributed by atoms with Gasteiger partial charge in [-0.05, 0) is 18.9 Å². The molecule has 1 heterocycles. The average molecular weight is 246 g/mol. The lowest BCUT2D eigenvalue weighted by Crippen LogP contribution is -2.50. The fourth-order valence-corrected chi connectivity index (χ4v) is 2.21. The number of hydrogen-bond donors (Lipinski definition) is 0. The molecule has 0 N–H and O–H groups in total. The summed E-state index contributed by atoms with van der Waals surface area (Å²) in [5, 5.41) is 3.03. The number of benzene rings is 1. The second-order valence-electron chi connectivity index (χ2n) is 4.61. The van der Waals surface area contributed by atoms with Crippen molar-refractivity contribution >= 4 is 11.8 Å². The molecule has 1 aromatic carbocycles. The minimum absolute atomic E-state index is 0.00259. The molecule has 1 saturated heterocycles. The van der Waals surface area contributed by atoms with Crippen LogP contribution in [-0.4, -0.2) is 28.9 Å². The molecule has 0 aliphatic carbocycles. The Morgan fingerprint density at radius 1 is 1.11 bits per heavy atom. The van der Waals surface area contributed by atoms with E-state index in [9.17, 15) is 9.59 Å². The monoisotopic (exact) mass is 246 g/mol. The van der Waals surface area contributed by atoms with Crippen molar-refractivity contribution in [3.63, 3.8) is 0 Å². The zero-order chi connectivity index (χ0) is 13.1. The zero-order valence-electron chi connectivity index (χ0n) is 10.8. The largest absolute Gasteiger partial charge is 0.273 e. The third kappa shape index (κ3) is 2.43. The molecule has 0 spiro atoms. The molecule has 1 aromatic rings. The molecule has 1 fully saturated rings. The van der Waals surface area contributed by atoms with Crippen LogP contribution in [-0.2, 0) is 9.59 Å². The van der Waals surface area contributed by atoms with Gasteiger partial charge < -0.3 is 0 Å². The summed E-state index contributed by atoms with van der Waals surface area (Å²) in [4.78, 5) is 23.7. The third-order valence-corrected chi connectivity index (χ3v) is 3.41. The quantitative estimate of drug-likeness (QED) is 0.767. The molecule has 2 rings (SSSR count). The summed E-state index contributed by atoms with van der Waals surface area (Å²) in [6, 6.07) is 9.87. The van der Waals surface area contributed by atoms with Crippen molar-refractivity contribution in [1.29, 1.82) is 0 Å². The molecule has 0 unspecified atom stereocenters. The molecule has 4 nitrogen and oxygen atoms in total. The summed E-state index contributed by atoms with van der Waals surface area (Å²) in [5.74, 6) is -0.201. The Bertz CT molecular complexity index is 428. The highest BCUT2D eigenvalue weighted by Gasteiger charge is 2.31. The summed E-state index contributed by atoms with van der Waals surface area (Å²) in [6.45, 7) is 1.99. The summed E-state index contributed by atoms with van der Waals surface area (Å²) in [6.07, 6.45) is 1.58. The number of hydrazine groups is 1. The predicted octanol–water partition coefficient (Wildman–Crippen LogP) is 2.13. The Balaban J connectivity index is 2.17. The SMILES string of the molecule is C[C@@H](c1ccccc1)N(C)N1C(=O)CCCC1=O. The number of nitrogens with zero attached hydrogens (tertiary/aromatic N) is 2. The molecule has 0 saturated carbocycles. The Labute approximate surface area is 107 Å². The van der Waals surface area contributed by atoms with Gasteiger partial charge in [0.25, 0.3) is 0 Å². The normalized spacial score (nSPS) is 18.3. The fourth-order valence-electron chi connectivity index (χ4n) is 2.21. The third-order valence-electron chi connectivity index (χ3n) is 3.41. The van der Waals surface area contributed by atoms with E-state index in [1.165, 1.54) is 5.01 Å². The van der Waals surface area contributed by atoms with Crippen molar-refractivity contribution in [3.8, 4) is 0 Å². The highest BCUT2D eigenvalue weighted by molar-refractivity contribution is 5.96.